The van der Waals surface area contributed by atoms with Gasteiger partial charge in [0.05, 0.1) is 12.5 Å². The molecule has 0 atom stereocenters. The molecule has 0 spiro atoms. The van der Waals surface area contributed by atoms with Crippen molar-refractivity contribution in [2.75, 3.05) is 17.2 Å². The molecule has 2 N–H and O–H groups in total. The predicted molar refractivity (Wildman–Crippen MR) is 79.3 cm³/mol. The molecule has 5 heteroatoms. The molecule has 0 unspecified atom stereocenters. The second-order valence-corrected chi connectivity index (χ2v) is 4.47. The highest BCUT2D eigenvalue weighted by atomic mass is 15.1. The summed E-state index contributed by atoms with van der Waals surface area (Å²) in [5.41, 5.74) is 2.45. The first-order valence-electron chi connectivity index (χ1n) is 6.50. The molecule has 0 fully saturated rings. The minimum absolute atomic E-state index is 0.454. The molecule has 0 amide bonds. The largest absolute Gasteiger partial charge is 0.369 e. The van der Waals surface area contributed by atoms with Gasteiger partial charge in [0.25, 0.3) is 0 Å². The molecule has 102 valence electrons. The summed E-state index contributed by atoms with van der Waals surface area (Å²) < 4.78 is 0. The Morgan fingerprint density at radius 3 is 2.70 bits per heavy atom. The van der Waals surface area contributed by atoms with E-state index in [4.69, 9.17) is 5.26 Å². The maximum Gasteiger partial charge on any atom is 0.131 e. The van der Waals surface area contributed by atoms with E-state index < -0.39 is 0 Å². The minimum Gasteiger partial charge on any atom is -0.369 e. The number of aryl methyl sites for hydroxylation is 1. The van der Waals surface area contributed by atoms with E-state index in [0.29, 0.717) is 13.0 Å². The molecule has 20 heavy (non-hydrogen) atoms. The van der Waals surface area contributed by atoms with Crippen molar-refractivity contribution in [3.8, 4) is 6.07 Å². The quantitative estimate of drug-likeness (QED) is 0.787. The van der Waals surface area contributed by atoms with Crippen molar-refractivity contribution in [2.24, 2.45) is 0 Å². The second kappa shape index (κ2) is 7.10. The van der Waals surface area contributed by atoms with Crippen molar-refractivity contribution in [1.82, 2.24) is 9.97 Å². The van der Waals surface area contributed by atoms with Gasteiger partial charge in [0.15, 0.2) is 0 Å². The number of nitriles is 1. The van der Waals surface area contributed by atoms with Crippen LogP contribution in [0.5, 0.6) is 0 Å². The summed E-state index contributed by atoms with van der Waals surface area (Å²) in [7, 11) is 0. The molecule has 1 aromatic carbocycles. The van der Waals surface area contributed by atoms with Crippen LogP contribution in [0.2, 0.25) is 0 Å². The van der Waals surface area contributed by atoms with Crippen LogP contribution in [-0.2, 0) is 6.54 Å². The van der Waals surface area contributed by atoms with Crippen molar-refractivity contribution in [3.63, 3.8) is 0 Å². The fourth-order valence-electron chi connectivity index (χ4n) is 1.81. The first-order valence-corrected chi connectivity index (χ1v) is 6.50. The van der Waals surface area contributed by atoms with E-state index in [9.17, 15) is 0 Å². The lowest BCUT2D eigenvalue weighted by Gasteiger charge is -2.08. The van der Waals surface area contributed by atoms with Crippen molar-refractivity contribution >= 4 is 11.6 Å². The number of aromatic nitrogens is 2. The van der Waals surface area contributed by atoms with Crippen LogP contribution in [0.15, 0.2) is 36.7 Å². The zero-order valence-electron chi connectivity index (χ0n) is 11.4. The summed E-state index contributed by atoms with van der Waals surface area (Å²) in [6.45, 7) is 3.38. The number of nitrogens with zero attached hydrogens (tertiary/aromatic N) is 3. The lowest BCUT2D eigenvalue weighted by Crippen LogP contribution is -2.06. The van der Waals surface area contributed by atoms with Gasteiger partial charge in [0, 0.05) is 19.2 Å². The van der Waals surface area contributed by atoms with E-state index in [0.717, 1.165) is 18.2 Å². The van der Waals surface area contributed by atoms with Crippen LogP contribution in [0.25, 0.3) is 0 Å². The van der Waals surface area contributed by atoms with Gasteiger partial charge in [0.1, 0.15) is 18.0 Å². The normalized spacial score (nSPS) is 9.80. The molecule has 0 aliphatic heterocycles. The number of rotatable bonds is 6. The molecular formula is C15H17N5. The lowest BCUT2D eigenvalue weighted by molar-refractivity contribution is 1.03. The first kappa shape index (κ1) is 13.8. The van der Waals surface area contributed by atoms with Crippen molar-refractivity contribution < 1.29 is 0 Å². The fraction of sp³-hybridized carbons (Fsp3) is 0.267. The van der Waals surface area contributed by atoms with Crippen LogP contribution in [0.3, 0.4) is 0 Å². The molecule has 2 rings (SSSR count). The Morgan fingerprint density at radius 1 is 1.15 bits per heavy atom. The number of hydrogen-bond donors (Lipinski definition) is 2. The number of anilines is 2. The highest BCUT2D eigenvalue weighted by molar-refractivity contribution is 5.46. The molecule has 0 saturated carbocycles. The SMILES string of the molecule is Cc1cccc(CNc2cc(NCCC#N)ncn2)c1. The molecule has 0 radical (unpaired) electrons. The summed E-state index contributed by atoms with van der Waals surface area (Å²) in [4.78, 5) is 8.29. The summed E-state index contributed by atoms with van der Waals surface area (Å²) in [5.74, 6) is 1.49. The van der Waals surface area contributed by atoms with E-state index in [2.05, 4.69) is 51.8 Å². The third-order valence-corrected chi connectivity index (χ3v) is 2.77. The average molecular weight is 267 g/mol. The van der Waals surface area contributed by atoms with Crippen LogP contribution < -0.4 is 10.6 Å². The van der Waals surface area contributed by atoms with Gasteiger partial charge in [-0.3, -0.25) is 0 Å². The number of benzene rings is 1. The first-order chi connectivity index (χ1) is 9.78. The fourth-order valence-corrected chi connectivity index (χ4v) is 1.81. The van der Waals surface area contributed by atoms with Crippen molar-refractivity contribution in [3.05, 3.63) is 47.8 Å². The van der Waals surface area contributed by atoms with Crippen LogP contribution in [0, 0.1) is 18.3 Å². The molecule has 1 heterocycles. The third kappa shape index (κ3) is 4.25. The Bertz CT molecular complexity index is 603. The third-order valence-electron chi connectivity index (χ3n) is 2.77. The van der Waals surface area contributed by atoms with Gasteiger partial charge in [-0.25, -0.2) is 9.97 Å². The standard InChI is InChI=1S/C15H17N5/c1-12-4-2-5-13(8-12)10-18-15-9-14(19-11-20-15)17-7-3-6-16/h2,4-5,8-9,11H,3,7,10H2,1H3,(H2,17,18,19,20). The van der Waals surface area contributed by atoms with E-state index in [1.807, 2.05) is 12.1 Å². The lowest BCUT2D eigenvalue weighted by atomic mass is 10.1. The summed E-state index contributed by atoms with van der Waals surface area (Å²) >= 11 is 0. The van der Waals surface area contributed by atoms with E-state index in [-0.39, 0.29) is 0 Å². The Balaban J connectivity index is 1.93. The van der Waals surface area contributed by atoms with Gasteiger partial charge >= 0.3 is 0 Å². The Morgan fingerprint density at radius 2 is 1.95 bits per heavy atom. The van der Waals surface area contributed by atoms with Crippen LogP contribution in [-0.4, -0.2) is 16.5 Å². The van der Waals surface area contributed by atoms with Gasteiger partial charge in [-0.2, -0.15) is 5.26 Å². The zero-order chi connectivity index (χ0) is 14.2. The van der Waals surface area contributed by atoms with E-state index in [1.165, 1.54) is 17.5 Å². The highest BCUT2D eigenvalue weighted by Gasteiger charge is 1.99. The smallest absolute Gasteiger partial charge is 0.131 e. The van der Waals surface area contributed by atoms with Gasteiger partial charge in [-0.15, -0.1) is 0 Å². The average Bonchev–Trinajstić information content (AvgIpc) is 2.46. The minimum atomic E-state index is 0.454. The van der Waals surface area contributed by atoms with Crippen LogP contribution in [0.4, 0.5) is 11.6 Å². The van der Waals surface area contributed by atoms with Gasteiger partial charge in [-0.1, -0.05) is 29.8 Å². The number of nitrogens with one attached hydrogen (secondary N) is 2. The summed E-state index contributed by atoms with van der Waals surface area (Å²) in [6, 6.07) is 12.3. The van der Waals surface area contributed by atoms with E-state index in [1.54, 1.807) is 0 Å². The summed E-state index contributed by atoms with van der Waals surface area (Å²) in [5, 5.41) is 14.8. The van der Waals surface area contributed by atoms with Gasteiger partial charge in [-0.05, 0) is 12.5 Å². The monoisotopic (exact) mass is 267 g/mol. The predicted octanol–water partition coefficient (Wildman–Crippen LogP) is 2.72. The number of hydrogen-bond acceptors (Lipinski definition) is 5. The Hall–Kier alpha value is -2.61. The molecule has 5 nitrogen and oxygen atoms in total. The molecule has 0 saturated heterocycles. The van der Waals surface area contributed by atoms with Crippen LogP contribution in [0.1, 0.15) is 17.5 Å². The van der Waals surface area contributed by atoms with Gasteiger partial charge in [0.2, 0.25) is 0 Å². The van der Waals surface area contributed by atoms with Crippen molar-refractivity contribution in [1.29, 1.82) is 5.26 Å². The summed E-state index contributed by atoms with van der Waals surface area (Å²) in [6.07, 6.45) is 1.96. The molecule has 0 bridgehead atoms. The Kier molecular flexibility index (Phi) is 4.90. The topological polar surface area (TPSA) is 73.6 Å². The van der Waals surface area contributed by atoms with E-state index >= 15 is 0 Å². The maximum atomic E-state index is 8.50. The Labute approximate surface area is 118 Å². The van der Waals surface area contributed by atoms with Crippen molar-refractivity contribution in [2.45, 2.75) is 19.9 Å². The van der Waals surface area contributed by atoms with Crippen LogP contribution >= 0.6 is 0 Å². The molecule has 0 aliphatic carbocycles. The zero-order valence-corrected chi connectivity index (χ0v) is 11.4. The maximum absolute atomic E-state index is 8.50. The highest BCUT2D eigenvalue weighted by Crippen LogP contribution is 2.11. The van der Waals surface area contributed by atoms with Gasteiger partial charge < -0.3 is 10.6 Å². The molecule has 0 aliphatic rings. The molecular weight excluding hydrogens is 250 g/mol. The second-order valence-electron chi connectivity index (χ2n) is 4.47. The molecule has 1 aromatic heterocycles. The molecule has 2 aromatic rings.